The molecular weight excluding hydrogens is 316 g/mol. The standard InChI is InChI=1S/C20H28N2O3/c23-19(22-11-5-2-6-12-22)18(17-7-3-1-4-8-17)21-13-9-20(10-14-21)24-15-16-25-20/h1,3-4,7-8,18H,2,5-6,9-16H2. The average molecular weight is 344 g/mol. The summed E-state index contributed by atoms with van der Waals surface area (Å²) in [6.07, 6.45) is 5.16. The van der Waals surface area contributed by atoms with Crippen molar-refractivity contribution >= 4 is 5.91 Å². The van der Waals surface area contributed by atoms with Crippen LogP contribution in [0.15, 0.2) is 30.3 Å². The summed E-state index contributed by atoms with van der Waals surface area (Å²) in [5.74, 6) is -0.138. The van der Waals surface area contributed by atoms with Crippen molar-refractivity contribution in [2.24, 2.45) is 0 Å². The number of rotatable bonds is 3. The van der Waals surface area contributed by atoms with Gasteiger partial charge in [-0.2, -0.15) is 0 Å². The van der Waals surface area contributed by atoms with Crippen molar-refractivity contribution in [3.8, 4) is 0 Å². The summed E-state index contributed by atoms with van der Waals surface area (Å²) in [5, 5.41) is 0. The largest absolute Gasteiger partial charge is 0.347 e. The molecule has 3 aliphatic rings. The van der Waals surface area contributed by atoms with Crippen LogP contribution in [0.3, 0.4) is 0 Å². The van der Waals surface area contributed by atoms with Crippen molar-refractivity contribution in [3.05, 3.63) is 35.9 Å². The van der Waals surface area contributed by atoms with E-state index in [0.29, 0.717) is 13.2 Å². The van der Waals surface area contributed by atoms with Gasteiger partial charge in [0.05, 0.1) is 13.2 Å². The minimum Gasteiger partial charge on any atom is -0.347 e. The molecule has 3 saturated heterocycles. The summed E-state index contributed by atoms with van der Waals surface area (Å²) in [5.41, 5.74) is 1.10. The Morgan fingerprint density at radius 3 is 2.20 bits per heavy atom. The third-order valence-corrected chi connectivity index (χ3v) is 5.76. The maximum absolute atomic E-state index is 13.3. The highest BCUT2D eigenvalue weighted by molar-refractivity contribution is 5.83. The molecule has 1 spiro atoms. The highest BCUT2D eigenvalue weighted by Gasteiger charge is 2.43. The van der Waals surface area contributed by atoms with Gasteiger partial charge in [0.25, 0.3) is 0 Å². The smallest absolute Gasteiger partial charge is 0.244 e. The van der Waals surface area contributed by atoms with E-state index >= 15 is 0 Å². The van der Waals surface area contributed by atoms with Crippen molar-refractivity contribution in [3.63, 3.8) is 0 Å². The maximum Gasteiger partial charge on any atom is 0.244 e. The SMILES string of the molecule is O=C(C(c1ccccc1)N1CCC2(CC1)OCCO2)N1CCCCC1. The van der Waals surface area contributed by atoms with Crippen LogP contribution in [-0.4, -0.2) is 60.9 Å². The number of carbonyl (C=O) groups is 1. The van der Waals surface area contributed by atoms with Gasteiger partial charge in [-0.1, -0.05) is 30.3 Å². The monoisotopic (exact) mass is 344 g/mol. The van der Waals surface area contributed by atoms with Gasteiger partial charge < -0.3 is 14.4 Å². The number of amides is 1. The highest BCUT2D eigenvalue weighted by Crippen LogP contribution is 2.35. The number of benzene rings is 1. The Kier molecular flexibility index (Phi) is 5.06. The van der Waals surface area contributed by atoms with Crippen molar-refractivity contribution in [2.75, 3.05) is 39.4 Å². The van der Waals surface area contributed by atoms with Gasteiger partial charge in [-0.25, -0.2) is 0 Å². The van der Waals surface area contributed by atoms with E-state index in [1.807, 2.05) is 18.2 Å². The Bertz CT molecular complexity index is 570. The molecule has 5 nitrogen and oxygen atoms in total. The Hall–Kier alpha value is -1.43. The molecule has 3 heterocycles. The van der Waals surface area contributed by atoms with Crippen molar-refractivity contribution < 1.29 is 14.3 Å². The first-order chi connectivity index (χ1) is 12.3. The van der Waals surface area contributed by atoms with Gasteiger partial charge in [0.1, 0.15) is 6.04 Å². The summed E-state index contributed by atoms with van der Waals surface area (Å²) in [4.78, 5) is 17.7. The molecule has 25 heavy (non-hydrogen) atoms. The van der Waals surface area contributed by atoms with E-state index in [4.69, 9.17) is 9.47 Å². The van der Waals surface area contributed by atoms with Gasteiger partial charge in [-0.05, 0) is 24.8 Å². The van der Waals surface area contributed by atoms with Gasteiger partial charge in [-0.15, -0.1) is 0 Å². The van der Waals surface area contributed by atoms with E-state index in [0.717, 1.165) is 57.4 Å². The summed E-state index contributed by atoms with van der Waals surface area (Å²) in [6.45, 7) is 4.83. The van der Waals surface area contributed by atoms with Crippen LogP contribution >= 0.6 is 0 Å². The molecule has 5 heteroatoms. The fourth-order valence-electron chi connectivity index (χ4n) is 4.34. The van der Waals surface area contributed by atoms with Gasteiger partial charge >= 0.3 is 0 Å². The van der Waals surface area contributed by atoms with E-state index < -0.39 is 5.79 Å². The molecule has 0 aromatic heterocycles. The normalized spacial score (nSPS) is 25.2. The molecule has 1 amide bonds. The third kappa shape index (κ3) is 3.59. The van der Waals surface area contributed by atoms with Crippen molar-refractivity contribution in [1.82, 2.24) is 9.80 Å². The Labute approximate surface area is 149 Å². The minimum atomic E-state index is -0.397. The average Bonchev–Trinajstić information content (AvgIpc) is 3.13. The number of piperidine rings is 2. The van der Waals surface area contributed by atoms with Crippen LogP contribution in [-0.2, 0) is 14.3 Å². The molecular formula is C20H28N2O3. The lowest BCUT2D eigenvalue weighted by Gasteiger charge is -2.42. The van der Waals surface area contributed by atoms with E-state index in [1.54, 1.807) is 0 Å². The molecule has 0 N–H and O–H groups in total. The van der Waals surface area contributed by atoms with Gasteiger partial charge in [0, 0.05) is 39.0 Å². The molecule has 4 rings (SSSR count). The van der Waals surface area contributed by atoms with E-state index in [2.05, 4.69) is 21.9 Å². The van der Waals surface area contributed by atoms with Crippen LogP contribution in [0, 0.1) is 0 Å². The van der Waals surface area contributed by atoms with Crippen molar-refractivity contribution in [2.45, 2.75) is 43.9 Å². The molecule has 0 aliphatic carbocycles. The number of hydrogen-bond acceptors (Lipinski definition) is 4. The highest BCUT2D eigenvalue weighted by atomic mass is 16.7. The number of hydrogen-bond donors (Lipinski definition) is 0. The first kappa shape index (κ1) is 17.0. The van der Waals surface area contributed by atoms with Gasteiger partial charge in [0.15, 0.2) is 5.79 Å². The Morgan fingerprint density at radius 2 is 1.56 bits per heavy atom. The zero-order chi connectivity index (χ0) is 17.1. The van der Waals surface area contributed by atoms with Gasteiger partial charge in [-0.3, -0.25) is 9.69 Å². The van der Waals surface area contributed by atoms with Crippen LogP contribution in [0.4, 0.5) is 0 Å². The second kappa shape index (κ2) is 7.44. The predicted octanol–water partition coefficient (Wildman–Crippen LogP) is 2.58. The molecule has 3 aliphatic heterocycles. The van der Waals surface area contributed by atoms with Crippen LogP contribution in [0.25, 0.3) is 0 Å². The predicted molar refractivity (Wildman–Crippen MR) is 95.1 cm³/mol. The lowest BCUT2D eigenvalue weighted by molar-refractivity contribution is -0.189. The summed E-state index contributed by atoms with van der Waals surface area (Å²) in [7, 11) is 0. The zero-order valence-corrected chi connectivity index (χ0v) is 14.9. The number of ether oxygens (including phenoxy) is 2. The van der Waals surface area contributed by atoms with E-state index in [-0.39, 0.29) is 11.9 Å². The molecule has 136 valence electrons. The molecule has 0 saturated carbocycles. The quantitative estimate of drug-likeness (QED) is 0.845. The van der Waals surface area contributed by atoms with Crippen LogP contribution < -0.4 is 0 Å². The second-order valence-electron chi connectivity index (χ2n) is 7.34. The number of likely N-dealkylation sites (tertiary alicyclic amines) is 2. The molecule has 0 bridgehead atoms. The van der Waals surface area contributed by atoms with E-state index in [9.17, 15) is 4.79 Å². The molecule has 1 atom stereocenters. The first-order valence-corrected chi connectivity index (χ1v) is 9.63. The number of nitrogens with zero attached hydrogens (tertiary/aromatic N) is 2. The third-order valence-electron chi connectivity index (χ3n) is 5.76. The molecule has 1 aromatic rings. The lowest BCUT2D eigenvalue weighted by Crippen LogP contribution is -2.51. The van der Waals surface area contributed by atoms with E-state index in [1.165, 1.54) is 6.42 Å². The maximum atomic E-state index is 13.3. The topological polar surface area (TPSA) is 42.0 Å². The molecule has 1 unspecified atom stereocenters. The summed E-state index contributed by atoms with van der Waals surface area (Å²) < 4.78 is 11.7. The first-order valence-electron chi connectivity index (χ1n) is 9.63. The molecule has 0 radical (unpaired) electrons. The fourth-order valence-corrected chi connectivity index (χ4v) is 4.34. The molecule has 3 fully saturated rings. The zero-order valence-electron chi connectivity index (χ0n) is 14.9. The van der Waals surface area contributed by atoms with Crippen molar-refractivity contribution in [1.29, 1.82) is 0 Å². The Morgan fingerprint density at radius 1 is 0.920 bits per heavy atom. The summed E-state index contributed by atoms with van der Waals surface area (Å²) in [6, 6.07) is 10.1. The summed E-state index contributed by atoms with van der Waals surface area (Å²) >= 11 is 0. The van der Waals surface area contributed by atoms with Crippen LogP contribution in [0.1, 0.15) is 43.7 Å². The second-order valence-corrected chi connectivity index (χ2v) is 7.34. The van der Waals surface area contributed by atoms with Crippen LogP contribution in [0.5, 0.6) is 0 Å². The van der Waals surface area contributed by atoms with Gasteiger partial charge in [0.2, 0.25) is 5.91 Å². The van der Waals surface area contributed by atoms with Crippen LogP contribution in [0.2, 0.25) is 0 Å². The molecule has 1 aromatic carbocycles. The number of carbonyl (C=O) groups excluding carboxylic acids is 1. The lowest BCUT2D eigenvalue weighted by atomic mass is 9.97. The fraction of sp³-hybridized carbons (Fsp3) is 0.650. The minimum absolute atomic E-state index is 0.182. The Balaban J connectivity index is 1.52.